The number of hydrogen-bond donors (Lipinski definition) is 1. The highest BCUT2D eigenvalue weighted by atomic mass is 19.4. The highest BCUT2D eigenvalue weighted by Crippen LogP contribution is 2.40. The summed E-state index contributed by atoms with van der Waals surface area (Å²) in [4.78, 5) is 21.7. The Balaban J connectivity index is 1.44. The van der Waals surface area contributed by atoms with Gasteiger partial charge in [-0.3, -0.25) is 9.78 Å². The molecule has 0 spiro atoms. The van der Waals surface area contributed by atoms with Gasteiger partial charge in [-0.2, -0.15) is 13.2 Å². The van der Waals surface area contributed by atoms with E-state index in [9.17, 15) is 22.4 Å². The van der Waals surface area contributed by atoms with Gasteiger partial charge in [-0.25, -0.2) is 4.39 Å². The number of amides is 1. The number of anilines is 2. The number of carbonyl (C=O) groups excluding carboxylic acids is 1. The molecular formula is C26H24F4N4O. The van der Waals surface area contributed by atoms with Crippen molar-refractivity contribution >= 4 is 17.3 Å². The molecule has 2 aliphatic rings. The molecule has 5 nitrogen and oxygen atoms in total. The molecule has 2 aliphatic heterocycles. The maximum Gasteiger partial charge on any atom is 0.416 e. The molecule has 0 bridgehead atoms. The predicted molar refractivity (Wildman–Crippen MR) is 124 cm³/mol. The van der Waals surface area contributed by atoms with Crippen molar-refractivity contribution in [3.8, 4) is 0 Å². The highest BCUT2D eigenvalue weighted by molar-refractivity contribution is 5.82. The Morgan fingerprint density at radius 2 is 1.86 bits per heavy atom. The third-order valence-corrected chi connectivity index (χ3v) is 6.74. The van der Waals surface area contributed by atoms with E-state index in [1.807, 2.05) is 11.0 Å². The molecule has 2 aromatic carbocycles. The maximum atomic E-state index is 13.4. The lowest BCUT2D eigenvalue weighted by Gasteiger charge is -2.49. The average molecular weight is 484 g/mol. The Labute approximate surface area is 200 Å². The van der Waals surface area contributed by atoms with Gasteiger partial charge in [-0.05, 0) is 66.6 Å². The first-order chi connectivity index (χ1) is 16.8. The quantitative estimate of drug-likeness (QED) is 0.557. The number of rotatable bonds is 4. The number of pyridine rings is 1. The van der Waals surface area contributed by atoms with E-state index >= 15 is 0 Å². The number of aromatic nitrogens is 1. The smallest absolute Gasteiger partial charge is 0.368 e. The van der Waals surface area contributed by atoms with E-state index in [0.717, 1.165) is 23.5 Å². The lowest BCUT2D eigenvalue weighted by Crippen LogP contribution is -2.61. The van der Waals surface area contributed by atoms with Crippen molar-refractivity contribution in [3.05, 3.63) is 89.5 Å². The molecule has 1 N–H and O–H groups in total. The summed E-state index contributed by atoms with van der Waals surface area (Å²) < 4.78 is 53.6. The molecule has 1 saturated heterocycles. The minimum Gasteiger partial charge on any atom is -0.368 e. The number of piperazine rings is 1. The molecule has 0 unspecified atom stereocenters. The van der Waals surface area contributed by atoms with Gasteiger partial charge < -0.3 is 15.1 Å². The minimum atomic E-state index is -4.45. The van der Waals surface area contributed by atoms with Gasteiger partial charge in [-0.15, -0.1) is 0 Å². The predicted octanol–water partition coefficient (Wildman–Crippen LogP) is 4.42. The number of fused-ring (bicyclic) bond motifs is 3. The van der Waals surface area contributed by atoms with Crippen LogP contribution in [0.1, 0.15) is 16.8 Å². The van der Waals surface area contributed by atoms with Crippen LogP contribution in [0.3, 0.4) is 0 Å². The third-order valence-electron chi connectivity index (χ3n) is 6.74. The van der Waals surface area contributed by atoms with Gasteiger partial charge in [0.1, 0.15) is 5.82 Å². The molecule has 1 amide bonds. The molecule has 5 rings (SSSR count). The molecule has 1 fully saturated rings. The number of benzene rings is 2. The zero-order valence-electron chi connectivity index (χ0n) is 18.8. The zero-order valence-corrected chi connectivity index (χ0v) is 18.8. The SMILES string of the molecule is O=C(NCc1ccccn1)[C@H]1Cc2cc(C(F)(F)F)ccc2N2CCN(c3ccc(F)cc3)C[C@@H]12. The topological polar surface area (TPSA) is 48.5 Å². The summed E-state index contributed by atoms with van der Waals surface area (Å²) in [5.41, 5.74) is 2.08. The minimum absolute atomic E-state index is 0.200. The Morgan fingerprint density at radius 1 is 1.06 bits per heavy atom. The monoisotopic (exact) mass is 484 g/mol. The van der Waals surface area contributed by atoms with Crippen molar-refractivity contribution in [1.82, 2.24) is 10.3 Å². The number of alkyl halides is 3. The van der Waals surface area contributed by atoms with Crippen molar-refractivity contribution in [3.63, 3.8) is 0 Å². The normalized spacial score (nSPS) is 19.7. The largest absolute Gasteiger partial charge is 0.416 e. The Hall–Kier alpha value is -3.62. The number of nitrogens with one attached hydrogen (secondary N) is 1. The van der Waals surface area contributed by atoms with Gasteiger partial charge >= 0.3 is 6.18 Å². The van der Waals surface area contributed by atoms with Crippen LogP contribution in [0.5, 0.6) is 0 Å². The fraction of sp³-hybridized carbons (Fsp3) is 0.308. The number of carbonyl (C=O) groups is 1. The summed E-state index contributed by atoms with van der Waals surface area (Å²) in [6.07, 6.45) is -2.62. The van der Waals surface area contributed by atoms with Gasteiger partial charge in [0.2, 0.25) is 5.91 Å². The molecule has 3 heterocycles. The van der Waals surface area contributed by atoms with Crippen LogP contribution in [0, 0.1) is 11.7 Å². The van der Waals surface area contributed by atoms with Crippen LogP contribution in [0.4, 0.5) is 28.9 Å². The lowest BCUT2D eigenvalue weighted by atomic mass is 9.82. The fourth-order valence-electron chi connectivity index (χ4n) is 5.00. The van der Waals surface area contributed by atoms with E-state index in [0.29, 0.717) is 30.9 Å². The molecular weight excluding hydrogens is 460 g/mol. The second kappa shape index (κ2) is 9.20. The van der Waals surface area contributed by atoms with Crippen molar-refractivity contribution in [2.75, 3.05) is 29.4 Å². The lowest BCUT2D eigenvalue weighted by molar-refractivity contribution is -0.137. The molecule has 0 aliphatic carbocycles. The van der Waals surface area contributed by atoms with Gasteiger partial charge in [-0.1, -0.05) is 6.07 Å². The summed E-state index contributed by atoms with van der Waals surface area (Å²) in [5.74, 6) is -1.11. The first-order valence-electron chi connectivity index (χ1n) is 11.4. The summed E-state index contributed by atoms with van der Waals surface area (Å²) in [6, 6.07) is 15.1. The second-order valence-corrected chi connectivity index (χ2v) is 8.87. The van der Waals surface area contributed by atoms with Crippen molar-refractivity contribution in [2.24, 2.45) is 5.92 Å². The Bertz CT molecular complexity index is 1200. The number of halogens is 4. The Kier molecular flexibility index (Phi) is 6.08. The van der Waals surface area contributed by atoms with Gasteiger partial charge in [0.05, 0.1) is 29.8 Å². The zero-order chi connectivity index (χ0) is 24.6. The molecule has 9 heteroatoms. The van der Waals surface area contributed by atoms with Gasteiger partial charge in [0, 0.05) is 37.2 Å². The molecule has 0 saturated carbocycles. The van der Waals surface area contributed by atoms with E-state index in [-0.39, 0.29) is 30.7 Å². The van der Waals surface area contributed by atoms with Crippen LogP contribution in [0.25, 0.3) is 0 Å². The van der Waals surface area contributed by atoms with Crippen LogP contribution in [0.2, 0.25) is 0 Å². The van der Waals surface area contributed by atoms with E-state index < -0.39 is 17.7 Å². The first-order valence-corrected chi connectivity index (χ1v) is 11.4. The van der Waals surface area contributed by atoms with Crippen LogP contribution in [-0.2, 0) is 23.9 Å². The van der Waals surface area contributed by atoms with Crippen LogP contribution in [0.15, 0.2) is 66.9 Å². The van der Waals surface area contributed by atoms with E-state index in [2.05, 4.69) is 15.2 Å². The summed E-state index contributed by atoms with van der Waals surface area (Å²) in [5, 5.41) is 2.92. The highest BCUT2D eigenvalue weighted by Gasteiger charge is 2.42. The summed E-state index contributed by atoms with van der Waals surface area (Å²) in [6.45, 7) is 1.86. The first kappa shape index (κ1) is 23.1. The standard InChI is InChI=1S/C26H24F4N4O/c27-19-5-7-21(8-6-19)33-11-12-34-23-9-4-18(26(28,29)30)13-17(23)14-22(24(34)16-33)25(35)32-15-20-3-1-2-10-31-20/h1-10,13,22,24H,11-12,14-16H2,(H,32,35)/t22-,24-/m0/s1. The van der Waals surface area contributed by atoms with E-state index in [1.54, 1.807) is 30.5 Å². The molecule has 1 aromatic heterocycles. The summed E-state index contributed by atoms with van der Waals surface area (Å²) >= 11 is 0. The molecule has 3 aromatic rings. The van der Waals surface area contributed by atoms with E-state index in [1.165, 1.54) is 18.2 Å². The van der Waals surface area contributed by atoms with Crippen molar-refractivity contribution < 1.29 is 22.4 Å². The molecule has 0 radical (unpaired) electrons. The maximum absolute atomic E-state index is 13.4. The molecule has 2 atom stereocenters. The number of nitrogens with zero attached hydrogens (tertiary/aromatic N) is 3. The third kappa shape index (κ3) is 4.80. The van der Waals surface area contributed by atoms with Crippen molar-refractivity contribution in [2.45, 2.75) is 25.2 Å². The van der Waals surface area contributed by atoms with Crippen LogP contribution in [-0.4, -0.2) is 36.6 Å². The van der Waals surface area contributed by atoms with Gasteiger partial charge in [0.25, 0.3) is 0 Å². The van der Waals surface area contributed by atoms with Crippen LogP contribution < -0.4 is 15.1 Å². The second-order valence-electron chi connectivity index (χ2n) is 8.87. The van der Waals surface area contributed by atoms with Crippen LogP contribution >= 0.6 is 0 Å². The van der Waals surface area contributed by atoms with Crippen molar-refractivity contribution in [1.29, 1.82) is 0 Å². The number of hydrogen-bond acceptors (Lipinski definition) is 4. The van der Waals surface area contributed by atoms with E-state index in [4.69, 9.17) is 0 Å². The Morgan fingerprint density at radius 3 is 2.57 bits per heavy atom. The molecule has 182 valence electrons. The van der Waals surface area contributed by atoms with Gasteiger partial charge in [0.15, 0.2) is 0 Å². The average Bonchev–Trinajstić information content (AvgIpc) is 2.86. The summed E-state index contributed by atoms with van der Waals surface area (Å²) in [7, 11) is 0. The molecule has 35 heavy (non-hydrogen) atoms. The fourth-order valence-corrected chi connectivity index (χ4v) is 5.00.